The Labute approximate surface area is 138 Å². The molecule has 122 valence electrons. The van der Waals surface area contributed by atoms with Crippen molar-refractivity contribution in [1.29, 1.82) is 0 Å². The zero-order chi connectivity index (χ0) is 16.0. The second-order valence-corrected chi connectivity index (χ2v) is 7.60. The van der Waals surface area contributed by atoms with Crippen molar-refractivity contribution >= 4 is 34.6 Å². The number of carbonyl (C=O) groups excluding carboxylic acids is 1. The zero-order valence-electron chi connectivity index (χ0n) is 13.2. The van der Waals surface area contributed by atoms with Gasteiger partial charge in [-0.1, -0.05) is 6.92 Å². The predicted molar refractivity (Wildman–Crippen MR) is 88.6 cm³/mol. The van der Waals surface area contributed by atoms with Crippen molar-refractivity contribution in [3.63, 3.8) is 0 Å². The van der Waals surface area contributed by atoms with E-state index in [9.17, 15) is 4.79 Å². The topological polar surface area (TPSA) is 84.0 Å². The highest BCUT2D eigenvalue weighted by molar-refractivity contribution is 8.01. The molecule has 4 rings (SSSR count). The summed E-state index contributed by atoms with van der Waals surface area (Å²) in [5.41, 5.74) is 1.76. The summed E-state index contributed by atoms with van der Waals surface area (Å²) < 4.78 is 4.96. The van der Waals surface area contributed by atoms with Gasteiger partial charge >= 0.3 is 5.97 Å². The molecule has 0 aliphatic carbocycles. The van der Waals surface area contributed by atoms with Crippen LogP contribution >= 0.6 is 11.8 Å². The van der Waals surface area contributed by atoms with Crippen LogP contribution in [0.2, 0.25) is 0 Å². The number of methoxy groups -OCH3 is 1. The monoisotopic (exact) mass is 333 g/mol. The number of nitrogens with zero attached hydrogens (tertiary/aromatic N) is 4. The number of aromatic amines is 1. The molecule has 2 fully saturated rings. The fourth-order valence-electron chi connectivity index (χ4n) is 3.67. The zero-order valence-corrected chi connectivity index (χ0v) is 14.0. The van der Waals surface area contributed by atoms with Crippen molar-refractivity contribution < 1.29 is 9.53 Å². The molecule has 0 saturated carbocycles. The van der Waals surface area contributed by atoms with Crippen LogP contribution in [-0.2, 0) is 16.0 Å². The lowest BCUT2D eigenvalue weighted by molar-refractivity contribution is -0.146. The molecule has 0 bridgehead atoms. The summed E-state index contributed by atoms with van der Waals surface area (Å²) in [5.74, 6) is 1.84. The van der Waals surface area contributed by atoms with Crippen LogP contribution in [0.4, 0.5) is 5.82 Å². The Kier molecular flexibility index (Phi) is 3.44. The first-order valence-electron chi connectivity index (χ1n) is 7.83. The molecule has 2 aliphatic heterocycles. The van der Waals surface area contributed by atoms with Crippen LogP contribution in [0.1, 0.15) is 19.0 Å². The van der Waals surface area contributed by atoms with Crippen molar-refractivity contribution in [2.24, 2.45) is 5.92 Å². The maximum absolute atomic E-state index is 12.0. The molecule has 1 atom stereocenters. The number of hydrogen-bond acceptors (Lipinski definition) is 7. The third kappa shape index (κ3) is 2.11. The van der Waals surface area contributed by atoms with E-state index in [1.807, 2.05) is 11.8 Å². The van der Waals surface area contributed by atoms with Crippen molar-refractivity contribution in [3.8, 4) is 0 Å². The number of rotatable bonds is 3. The average molecular weight is 333 g/mol. The number of ether oxygens (including phenoxy) is 1. The van der Waals surface area contributed by atoms with E-state index in [-0.39, 0.29) is 16.6 Å². The summed E-state index contributed by atoms with van der Waals surface area (Å²) >= 11 is 1.89. The van der Waals surface area contributed by atoms with Gasteiger partial charge in [0.05, 0.1) is 23.2 Å². The van der Waals surface area contributed by atoms with Gasteiger partial charge in [-0.15, -0.1) is 0 Å². The van der Waals surface area contributed by atoms with E-state index in [1.165, 1.54) is 7.11 Å². The predicted octanol–water partition coefficient (Wildman–Crippen LogP) is 1.40. The standard InChI is InChI=1S/C15H19N5O2S/c1-3-10-11-12(19-18-10)16-8-17-13(11)20-6-15(7-20)9(4-5-23-15)14(21)22-2/h8-9H,3-7H2,1-2H3,(H,16,17,18,19). The summed E-state index contributed by atoms with van der Waals surface area (Å²) in [4.78, 5) is 23.0. The largest absolute Gasteiger partial charge is 0.469 e. The number of esters is 1. The fourth-order valence-corrected chi connectivity index (χ4v) is 5.34. The Morgan fingerprint density at radius 2 is 2.35 bits per heavy atom. The van der Waals surface area contributed by atoms with Gasteiger partial charge in [-0.05, 0) is 18.6 Å². The van der Waals surface area contributed by atoms with E-state index >= 15 is 0 Å². The van der Waals surface area contributed by atoms with Gasteiger partial charge in [0.25, 0.3) is 0 Å². The van der Waals surface area contributed by atoms with Crippen LogP contribution in [0.5, 0.6) is 0 Å². The fraction of sp³-hybridized carbons (Fsp3) is 0.600. The average Bonchev–Trinajstić information content (AvgIpc) is 3.16. The highest BCUT2D eigenvalue weighted by atomic mass is 32.2. The van der Waals surface area contributed by atoms with E-state index in [2.05, 4.69) is 32.0 Å². The second kappa shape index (κ2) is 5.36. The number of nitrogens with one attached hydrogen (secondary N) is 1. The molecular weight excluding hydrogens is 314 g/mol. The van der Waals surface area contributed by atoms with E-state index in [1.54, 1.807) is 6.33 Å². The van der Waals surface area contributed by atoms with Gasteiger partial charge < -0.3 is 9.64 Å². The molecule has 0 amide bonds. The first-order valence-corrected chi connectivity index (χ1v) is 8.82. The Hall–Kier alpha value is -1.83. The number of aromatic nitrogens is 4. The maximum Gasteiger partial charge on any atom is 0.310 e. The van der Waals surface area contributed by atoms with Gasteiger partial charge in [-0.2, -0.15) is 16.9 Å². The normalized spacial score (nSPS) is 22.5. The number of fused-ring (bicyclic) bond motifs is 1. The van der Waals surface area contributed by atoms with E-state index in [4.69, 9.17) is 4.74 Å². The quantitative estimate of drug-likeness (QED) is 0.850. The third-order valence-corrected chi connectivity index (χ3v) is 6.45. The van der Waals surface area contributed by atoms with Crippen molar-refractivity contribution in [2.75, 3.05) is 30.9 Å². The molecule has 0 aromatic carbocycles. The highest BCUT2D eigenvalue weighted by Crippen LogP contribution is 2.51. The number of carbonyl (C=O) groups is 1. The molecule has 1 unspecified atom stereocenters. The number of anilines is 1. The summed E-state index contributed by atoms with van der Waals surface area (Å²) in [7, 11) is 1.47. The molecule has 0 radical (unpaired) electrons. The lowest BCUT2D eigenvalue weighted by Crippen LogP contribution is -2.63. The van der Waals surface area contributed by atoms with Crippen LogP contribution in [0, 0.1) is 5.92 Å². The number of aryl methyl sites for hydroxylation is 1. The summed E-state index contributed by atoms with van der Waals surface area (Å²) in [6.07, 6.45) is 3.31. The minimum Gasteiger partial charge on any atom is -0.469 e. The number of H-pyrrole nitrogens is 1. The highest BCUT2D eigenvalue weighted by Gasteiger charge is 2.56. The van der Waals surface area contributed by atoms with Crippen LogP contribution in [0.25, 0.3) is 11.0 Å². The Morgan fingerprint density at radius 1 is 1.52 bits per heavy atom. The molecule has 1 N–H and O–H groups in total. The minimum atomic E-state index is -0.0833. The lowest BCUT2D eigenvalue weighted by atomic mass is 9.83. The van der Waals surface area contributed by atoms with Crippen LogP contribution in [0.3, 0.4) is 0 Å². The Balaban J connectivity index is 1.63. The summed E-state index contributed by atoms with van der Waals surface area (Å²) in [6.45, 7) is 3.72. The molecule has 2 saturated heterocycles. The van der Waals surface area contributed by atoms with Gasteiger partial charge in [-0.25, -0.2) is 9.97 Å². The van der Waals surface area contributed by atoms with Crippen molar-refractivity contribution in [3.05, 3.63) is 12.0 Å². The smallest absolute Gasteiger partial charge is 0.310 e. The molecule has 2 aromatic heterocycles. The molecule has 23 heavy (non-hydrogen) atoms. The number of thioether (sulfide) groups is 1. The molecule has 4 heterocycles. The van der Waals surface area contributed by atoms with E-state index in [0.29, 0.717) is 5.65 Å². The number of hydrogen-bond donors (Lipinski definition) is 1. The van der Waals surface area contributed by atoms with Gasteiger partial charge in [0.15, 0.2) is 5.65 Å². The first-order chi connectivity index (χ1) is 11.2. The summed E-state index contributed by atoms with van der Waals surface area (Å²) in [5, 5.41) is 8.30. The van der Waals surface area contributed by atoms with Gasteiger partial charge in [-0.3, -0.25) is 9.89 Å². The molecule has 8 heteroatoms. The Bertz CT molecular complexity index is 755. The van der Waals surface area contributed by atoms with Crippen molar-refractivity contribution in [2.45, 2.75) is 24.5 Å². The first kappa shape index (κ1) is 14.7. The SMILES string of the molecule is CCc1[nH]nc2ncnc(N3CC4(C3)SCCC4C(=O)OC)c12. The van der Waals surface area contributed by atoms with Crippen LogP contribution in [0.15, 0.2) is 6.33 Å². The molecule has 2 aromatic rings. The second-order valence-electron chi connectivity index (χ2n) is 6.09. The molecule has 7 nitrogen and oxygen atoms in total. The maximum atomic E-state index is 12.0. The van der Waals surface area contributed by atoms with Gasteiger partial charge in [0.2, 0.25) is 0 Å². The van der Waals surface area contributed by atoms with Crippen LogP contribution < -0.4 is 4.90 Å². The third-order valence-electron chi connectivity index (χ3n) is 4.89. The minimum absolute atomic E-state index is 0.0129. The lowest BCUT2D eigenvalue weighted by Gasteiger charge is -2.50. The van der Waals surface area contributed by atoms with Gasteiger partial charge in [0.1, 0.15) is 12.1 Å². The van der Waals surface area contributed by atoms with E-state index in [0.717, 1.165) is 48.6 Å². The van der Waals surface area contributed by atoms with E-state index < -0.39 is 0 Å². The molecule has 1 spiro atoms. The summed E-state index contributed by atoms with van der Waals surface area (Å²) in [6, 6.07) is 0. The Morgan fingerprint density at radius 3 is 3.09 bits per heavy atom. The van der Waals surface area contributed by atoms with Crippen molar-refractivity contribution in [1.82, 2.24) is 20.2 Å². The molecular formula is C15H19N5O2S. The van der Waals surface area contributed by atoms with Gasteiger partial charge in [0, 0.05) is 18.8 Å². The molecule has 2 aliphatic rings. The van der Waals surface area contributed by atoms with Crippen LogP contribution in [-0.4, -0.2) is 56.8 Å².